The summed E-state index contributed by atoms with van der Waals surface area (Å²) in [6.45, 7) is 2.14. The van der Waals surface area contributed by atoms with Crippen molar-refractivity contribution in [1.29, 1.82) is 0 Å². The molecule has 2 rings (SSSR count). The van der Waals surface area contributed by atoms with Crippen LogP contribution in [-0.4, -0.2) is 61.7 Å². The summed E-state index contributed by atoms with van der Waals surface area (Å²) < 4.78 is 19.4. The van der Waals surface area contributed by atoms with Crippen LogP contribution >= 0.6 is 0 Å². The fourth-order valence-corrected chi connectivity index (χ4v) is 5.28. The number of ether oxygens (including phenoxy) is 1. The van der Waals surface area contributed by atoms with E-state index in [0.717, 1.165) is 51.0 Å². The highest BCUT2D eigenvalue weighted by Gasteiger charge is 2.49. The number of ketones is 1. The number of halogens is 1. The van der Waals surface area contributed by atoms with Crippen LogP contribution in [0.15, 0.2) is 60.7 Å². The molecule has 0 saturated heterocycles. The van der Waals surface area contributed by atoms with Crippen molar-refractivity contribution in [2.45, 2.75) is 108 Å². The molecule has 0 unspecified atom stereocenters. The van der Waals surface area contributed by atoms with Crippen LogP contribution < -0.4 is 10.1 Å². The first-order valence-electron chi connectivity index (χ1n) is 16.8. The van der Waals surface area contributed by atoms with Crippen LogP contribution in [0.4, 0.5) is 4.39 Å². The number of aliphatic carboxylic acids is 3. The van der Waals surface area contributed by atoms with E-state index in [1.165, 1.54) is 55.0 Å². The van der Waals surface area contributed by atoms with Crippen LogP contribution in [0.5, 0.6) is 11.5 Å². The highest BCUT2D eigenvalue weighted by Crippen LogP contribution is 2.27. The Morgan fingerprint density at radius 1 is 0.857 bits per heavy atom. The number of allylic oxidation sites excluding steroid dienone is 1. The number of Topliss-reactive ketones (excluding diaryl/α,β-unsaturated/α-hetero) is 1. The second-order valence-corrected chi connectivity index (χ2v) is 12.1. The molecule has 2 aromatic rings. The first-order chi connectivity index (χ1) is 23.4. The van der Waals surface area contributed by atoms with Crippen LogP contribution in [0.1, 0.15) is 96.0 Å². The lowest BCUT2D eigenvalue weighted by molar-refractivity contribution is -0.172. The Kier molecular flexibility index (Phi) is 17.7. The number of unbranched alkanes of at least 4 members (excludes halogenated alkanes) is 8. The fourth-order valence-electron chi connectivity index (χ4n) is 5.28. The van der Waals surface area contributed by atoms with E-state index in [9.17, 15) is 48.8 Å². The zero-order valence-corrected chi connectivity index (χ0v) is 27.9. The predicted molar refractivity (Wildman–Crippen MR) is 180 cm³/mol. The maximum absolute atomic E-state index is 13.9. The van der Waals surface area contributed by atoms with Gasteiger partial charge in [0.2, 0.25) is 5.91 Å². The quantitative estimate of drug-likeness (QED) is 0.0573. The van der Waals surface area contributed by atoms with Gasteiger partial charge in [-0.15, -0.1) is 0 Å². The Hall–Kier alpha value is -4.58. The Labute approximate surface area is 286 Å². The molecule has 2 aromatic carbocycles. The largest absolute Gasteiger partial charge is 0.481 e. The van der Waals surface area contributed by atoms with E-state index in [0.29, 0.717) is 31.2 Å². The minimum Gasteiger partial charge on any atom is -0.481 e. The van der Waals surface area contributed by atoms with Crippen molar-refractivity contribution in [3.8, 4) is 11.5 Å². The lowest BCUT2D eigenvalue weighted by Crippen LogP contribution is -2.55. The standard InChI is InChI=1S/C37H48FNO10/c1-2-3-4-7-10-15-27(40)16-11-8-5-6-9-12-17-29(37(48,36(46)47)25-33(41)42)34(43)39-31(35(44)45)24-26-20-22-28(23-21-26)49-32-19-14-13-18-30(32)38/h12-14,17-23,29,31,48H,2-11,15-16,24-25H2,1H3,(H,39,43)(H,41,42)(H,44,45)(H,46,47)/b17-12+/t29-,31-,37-/m0/s1. The van der Waals surface area contributed by atoms with Crippen molar-refractivity contribution >= 4 is 29.6 Å². The second-order valence-electron chi connectivity index (χ2n) is 12.1. The van der Waals surface area contributed by atoms with Crippen molar-refractivity contribution in [2.24, 2.45) is 5.92 Å². The topological polar surface area (TPSA) is 188 Å². The number of rotatable bonds is 25. The molecular weight excluding hydrogens is 637 g/mol. The maximum atomic E-state index is 13.9. The number of aliphatic hydroxyl groups is 1. The lowest BCUT2D eigenvalue weighted by atomic mass is 9.82. The van der Waals surface area contributed by atoms with Crippen molar-refractivity contribution in [3.63, 3.8) is 0 Å². The minimum atomic E-state index is -3.06. The lowest BCUT2D eigenvalue weighted by Gasteiger charge is -2.29. The van der Waals surface area contributed by atoms with Gasteiger partial charge in [-0.3, -0.25) is 14.4 Å². The summed E-state index contributed by atoms with van der Waals surface area (Å²) in [7, 11) is 0. The third-order valence-electron chi connectivity index (χ3n) is 8.09. The van der Waals surface area contributed by atoms with Gasteiger partial charge < -0.3 is 30.5 Å². The molecule has 1 amide bonds. The number of hydrogen-bond acceptors (Lipinski definition) is 7. The predicted octanol–water partition coefficient (Wildman–Crippen LogP) is 6.46. The number of benzene rings is 2. The molecule has 11 nitrogen and oxygen atoms in total. The van der Waals surface area contributed by atoms with Crippen LogP contribution in [0.25, 0.3) is 0 Å². The Morgan fingerprint density at radius 3 is 2.04 bits per heavy atom. The normalized spacial score (nSPS) is 13.7. The number of nitrogens with one attached hydrogen (secondary N) is 1. The van der Waals surface area contributed by atoms with Gasteiger partial charge in [0.1, 0.15) is 17.6 Å². The molecule has 0 heterocycles. The van der Waals surface area contributed by atoms with E-state index in [-0.39, 0.29) is 23.7 Å². The van der Waals surface area contributed by atoms with Crippen LogP contribution in [0, 0.1) is 11.7 Å². The number of hydrogen-bond donors (Lipinski definition) is 5. The smallest absolute Gasteiger partial charge is 0.337 e. The molecule has 3 atom stereocenters. The van der Waals surface area contributed by atoms with Gasteiger partial charge >= 0.3 is 17.9 Å². The van der Waals surface area contributed by atoms with Crippen molar-refractivity contribution in [3.05, 3.63) is 72.1 Å². The Bertz CT molecular complexity index is 1410. The molecule has 0 aromatic heterocycles. The molecule has 0 saturated carbocycles. The summed E-state index contributed by atoms with van der Waals surface area (Å²) in [5.41, 5.74) is -2.62. The van der Waals surface area contributed by atoms with Gasteiger partial charge in [0.15, 0.2) is 17.2 Å². The maximum Gasteiger partial charge on any atom is 0.337 e. The van der Waals surface area contributed by atoms with Gasteiger partial charge in [-0.1, -0.05) is 81.9 Å². The molecular formula is C37H48FNO10. The summed E-state index contributed by atoms with van der Waals surface area (Å²) in [6, 6.07) is 10.2. The second kappa shape index (κ2) is 21.4. The van der Waals surface area contributed by atoms with Crippen LogP contribution in [-0.2, 0) is 30.4 Å². The third kappa shape index (κ3) is 14.6. The van der Waals surface area contributed by atoms with Gasteiger partial charge in [-0.05, 0) is 55.5 Å². The molecule has 268 valence electrons. The van der Waals surface area contributed by atoms with Crippen molar-refractivity contribution in [1.82, 2.24) is 5.32 Å². The number of carbonyl (C=O) groups is 5. The van der Waals surface area contributed by atoms with Crippen molar-refractivity contribution < 1.29 is 53.5 Å². The van der Waals surface area contributed by atoms with E-state index in [1.807, 2.05) is 0 Å². The average molecular weight is 686 g/mol. The third-order valence-corrected chi connectivity index (χ3v) is 8.09. The van der Waals surface area contributed by atoms with Gasteiger partial charge in [0.05, 0.1) is 12.3 Å². The first kappa shape index (κ1) is 40.6. The summed E-state index contributed by atoms with van der Waals surface area (Å²) in [5, 5.41) is 42.1. The number of para-hydroxylation sites is 1. The van der Waals surface area contributed by atoms with E-state index < -0.39 is 53.6 Å². The van der Waals surface area contributed by atoms with Gasteiger partial charge in [-0.2, -0.15) is 0 Å². The summed E-state index contributed by atoms with van der Waals surface area (Å²) in [6.07, 6.45) is 10.9. The number of carboxylic acids is 3. The highest BCUT2D eigenvalue weighted by molar-refractivity contribution is 5.94. The zero-order chi connectivity index (χ0) is 36.2. The Morgan fingerprint density at radius 2 is 1.47 bits per heavy atom. The SMILES string of the molecule is CCCCCCCC(=O)CCCCCC/C=C/[C@@H](C(=O)N[C@@H](Cc1ccc(Oc2ccccc2F)cc1)C(=O)O)[C@@](O)(CC(=O)O)C(=O)O. The van der Waals surface area contributed by atoms with Gasteiger partial charge in [-0.25, -0.2) is 14.0 Å². The first-order valence-corrected chi connectivity index (χ1v) is 16.8. The summed E-state index contributed by atoms with van der Waals surface area (Å²) in [5.74, 6) is -8.22. The molecule has 0 fully saturated rings. The minimum absolute atomic E-state index is 0.00686. The monoisotopic (exact) mass is 685 g/mol. The fraction of sp³-hybridized carbons (Fsp3) is 0.486. The molecule has 0 aliphatic carbocycles. The molecule has 0 aliphatic heterocycles. The number of carboxylic acid groups (broad SMARTS) is 3. The van der Waals surface area contributed by atoms with Crippen LogP contribution in [0.2, 0.25) is 0 Å². The number of amides is 1. The molecule has 5 N–H and O–H groups in total. The average Bonchev–Trinajstić information content (AvgIpc) is 3.04. The van der Waals surface area contributed by atoms with E-state index in [4.69, 9.17) is 4.74 Å². The molecule has 49 heavy (non-hydrogen) atoms. The number of carbonyl (C=O) groups excluding carboxylic acids is 2. The van der Waals surface area contributed by atoms with E-state index in [1.54, 1.807) is 6.07 Å². The van der Waals surface area contributed by atoms with Crippen molar-refractivity contribution in [2.75, 3.05) is 0 Å². The van der Waals surface area contributed by atoms with E-state index >= 15 is 0 Å². The van der Waals surface area contributed by atoms with Gasteiger partial charge in [0.25, 0.3) is 0 Å². The highest BCUT2D eigenvalue weighted by atomic mass is 19.1. The molecule has 0 aliphatic rings. The Balaban J connectivity index is 2.01. The van der Waals surface area contributed by atoms with Crippen LogP contribution in [0.3, 0.4) is 0 Å². The molecule has 0 spiro atoms. The van der Waals surface area contributed by atoms with E-state index in [2.05, 4.69) is 12.2 Å². The van der Waals surface area contributed by atoms with Gasteiger partial charge in [0, 0.05) is 19.3 Å². The summed E-state index contributed by atoms with van der Waals surface area (Å²) >= 11 is 0. The molecule has 12 heteroatoms. The molecule has 0 bridgehead atoms. The molecule has 0 radical (unpaired) electrons. The summed E-state index contributed by atoms with van der Waals surface area (Å²) in [4.78, 5) is 61.0. The zero-order valence-electron chi connectivity index (χ0n) is 27.9.